The molecule has 1 aliphatic rings. The van der Waals surface area contributed by atoms with Gasteiger partial charge in [-0.25, -0.2) is 13.2 Å². The zero-order valence-corrected chi connectivity index (χ0v) is 16.7. The Morgan fingerprint density at radius 2 is 1.97 bits per heavy atom. The quantitative estimate of drug-likeness (QED) is 0.750. The van der Waals surface area contributed by atoms with Gasteiger partial charge in [-0.1, -0.05) is 12.1 Å². The summed E-state index contributed by atoms with van der Waals surface area (Å²) in [4.78, 5) is 24.7. The predicted octanol–water partition coefficient (Wildman–Crippen LogP) is 2.06. The van der Waals surface area contributed by atoms with Gasteiger partial charge in [0.2, 0.25) is 10.0 Å². The molecule has 0 saturated heterocycles. The average Bonchev–Trinajstić information content (AvgIpc) is 3.11. The lowest BCUT2D eigenvalue weighted by molar-refractivity contribution is -0.123. The number of ether oxygens (including phenoxy) is 1. The van der Waals surface area contributed by atoms with Gasteiger partial charge in [-0.2, -0.15) is 5.26 Å². The molecule has 0 bridgehead atoms. The molecule has 2 aromatic rings. The molecule has 1 aliphatic heterocycles. The maximum Gasteiger partial charge on any atom is 0.338 e. The fraction of sp³-hybridized carbons (Fsp3) is 0.250. The molecule has 2 aromatic carbocycles. The van der Waals surface area contributed by atoms with E-state index in [2.05, 4.69) is 5.32 Å². The molecule has 0 spiro atoms. The molecule has 8 nitrogen and oxygen atoms in total. The van der Waals surface area contributed by atoms with E-state index in [9.17, 15) is 18.0 Å². The second-order valence-corrected chi connectivity index (χ2v) is 8.53. The molecule has 1 atom stereocenters. The maximum absolute atomic E-state index is 12.4. The number of benzene rings is 2. The second kappa shape index (κ2) is 7.93. The highest BCUT2D eigenvalue weighted by Gasteiger charge is 2.27. The molecule has 0 radical (unpaired) electrons. The first-order valence-electron chi connectivity index (χ1n) is 8.82. The van der Waals surface area contributed by atoms with Crippen molar-refractivity contribution in [3.63, 3.8) is 0 Å². The molecule has 1 amide bonds. The van der Waals surface area contributed by atoms with E-state index in [4.69, 9.17) is 10.00 Å². The van der Waals surface area contributed by atoms with E-state index in [1.165, 1.54) is 17.3 Å². The van der Waals surface area contributed by atoms with Crippen LogP contribution in [-0.4, -0.2) is 39.2 Å². The Morgan fingerprint density at radius 1 is 1.24 bits per heavy atom. The fourth-order valence-electron chi connectivity index (χ4n) is 3.05. The minimum Gasteiger partial charge on any atom is -0.449 e. The highest BCUT2D eigenvalue weighted by Crippen LogP contribution is 2.31. The Morgan fingerprint density at radius 3 is 2.66 bits per heavy atom. The summed E-state index contributed by atoms with van der Waals surface area (Å²) in [6, 6.07) is 13.1. The summed E-state index contributed by atoms with van der Waals surface area (Å²) >= 11 is 0. The third kappa shape index (κ3) is 4.38. The van der Waals surface area contributed by atoms with Gasteiger partial charge in [0.15, 0.2) is 6.10 Å². The zero-order valence-electron chi connectivity index (χ0n) is 15.9. The number of rotatable bonds is 5. The molecule has 1 N–H and O–H groups in total. The summed E-state index contributed by atoms with van der Waals surface area (Å²) in [6.07, 6.45) is 0.537. The minimum atomic E-state index is -3.37. The highest BCUT2D eigenvalue weighted by molar-refractivity contribution is 7.92. The molecule has 1 heterocycles. The number of sulfonamides is 1. The number of anilines is 2. The van der Waals surface area contributed by atoms with Gasteiger partial charge in [-0.3, -0.25) is 9.10 Å². The van der Waals surface area contributed by atoms with Crippen molar-refractivity contribution >= 4 is 33.3 Å². The lowest BCUT2D eigenvalue weighted by Crippen LogP contribution is -2.30. The molecule has 0 saturated carbocycles. The van der Waals surface area contributed by atoms with Crippen molar-refractivity contribution < 1.29 is 22.7 Å². The van der Waals surface area contributed by atoms with Crippen molar-refractivity contribution in [2.75, 3.05) is 22.4 Å². The van der Waals surface area contributed by atoms with Crippen LogP contribution in [0.4, 0.5) is 11.4 Å². The normalized spacial score (nSPS) is 13.9. The van der Waals surface area contributed by atoms with E-state index < -0.39 is 28.0 Å². The molecule has 0 aromatic heterocycles. The second-order valence-electron chi connectivity index (χ2n) is 6.62. The maximum atomic E-state index is 12.4. The molecule has 0 fully saturated rings. The molecule has 0 aliphatic carbocycles. The molecular formula is C20H19N3O5S. The van der Waals surface area contributed by atoms with Gasteiger partial charge in [0, 0.05) is 6.54 Å². The zero-order chi connectivity index (χ0) is 21.2. The Labute approximate surface area is 168 Å². The van der Waals surface area contributed by atoms with Gasteiger partial charge >= 0.3 is 5.97 Å². The van der Waals surface area contributed by atoms with Gasteiger partial charge in [-0.15, -0.1) is 0 Å². The van der Waals surface area contributed by atoms with Crippen molar-refractivity contribution in [1.29, 1.82) is 5.26 Å². The fourth-order valence-corrected chi connectivity index (χ4v) is 4.01. The molecule has 0 unspecified atom stereocenters. The van der Waals surface area contributed by atoms with Gasteiger partial charge in [0.25, 0.3) is 5.91 Å². The van der Waals surface area contributed by atoms with E-state index in [1.54, 1.807) is 36.4 Å². The first kappa shape index (κ1) is 20.4. The first-order chi connectivity index (χ1) is 13.7. The number of amides is 1. The van der Waals surface area contributed by atoms with Crippen LogP contribution in [0.1, 0.15) is 28.4 Å². The molecule has 29 heavy (non-hydrogen) atoms. The number of carbonyl (C=O) groups excluding carboxylic acids is 2. The third-order valence-electron chi connectivity index (χ3n) is 4.53. The first-order valence-corrected chi connectivity index (χ1v) is 10.7. The SMILES string of the molecule is C[C@H](OC(=O)c1ccc2c(c1)CCN2S(C)(=O)=O)C(=O)Nc1ccccc1C#N. The van der Waals surface area contributed by atoms with Crippen LogP contribution in [0.2, 0.25) is 0 Å². The van der Waals surface area contributed by atoms with E-state index in [0.717, 1.165) is 11.8 Å². The summed E-state index contributed by atoms with van der Waals surface area (Å²) in [6.45, 7) is 1.75. The molecule has 9 heteroatoms. The number of fused-ring (bicyclic) bond motifs is 1. The van der Waals surface area contributed by atoms with Crippen LogP contribution in [0.3, 0.4) is 0 Å². The number of carbonyl (C=O) groups is 2. The highest BCUT2D eigenvalue weighted by atomic mass is 32.2. The smallest absolute Gasteiger partial charge is 0.338 e. The monoisotopic (exact) mass is 413 g/mol. The summed E-state index contributed by atoms with van der Waals surface area (Å²) in [7, 11) is -3.37. The van der Waals surface area contributed by atoms with E-state index >= 15 is 0 Å². The van der Waals surface area contributed by atoms with Crippen LogP contribution in [0.15, 0.2) is 42.5 Å². The topological polar surface area (TPSA) is 117 Å². The van der Waals surface area contributed by atoms with Gasteiger partial charge in [-0.05, 0) is 49.2 Å². The number of nitrogens with one attached hydrogen (secondary N) is 1. The molecule has 3 rings (SSSR count). The Hall–Kier alpha value is -3.38. The summed E-state index contributed by atoms with van der Waals surface area (Å²) in [5.74, 6) is -1.26. The number of nitriles is 1. The van der Waals surface area contributed by atoms with Crippen LogP contribution >= 0.6 is 0 Å². The van der Waals surface area contributed by atoms with Gasteiger partial charge in [0.1, 0.15) is 6.07 Å². The van der Waals surface area contributed by atoms with Crippen molar-refractivity contribution in [3.05, 3.63) is 59.2 Å². The number of para-hydroxylation sites is 1. The van der Waals surface area contributed by atoms with Crippen molar-refractivity contribution in [2.24, 2.45) is 0 Å². The van der Waals surface area contributed by atoms with E-state index in [1.807, 2.05) is 6.07 Å². The lowest BCUT2D eigenvalue weighted by atomic mass is 10.1. The standard InChI is InChI=1S/C20H19N3O5S/c1-13(19(24)22-17-6-4-3-5-16(17)12-21)28-20(25)15-7-8-18-14(11-15)9-10-23(18)29(2,26)27/h3-8,11,13H,9-10H2,1-2H3,(H,22,24)/t13-/m0/s1. The average molecular weight is 413 g/mol. The summed E-state index contributed by atoms with van der Waals surface area (Å²) in [5.41, 5.74) is 2.14. The summed E-state index contributed by atoms with van der Waals surface area (Å²) < 4.78 is 30.1. The largest absolute Gasteiger partial charge is 0.449 e. The number of hydrogen-bond donors (Lipinski definition) is 1. The minimum absolute atomic E-state index is 0.233. The van der Waals surface area contributed by atoms with Crippen molar-refractivity contribution in [1.82, 2.24) is 0 Å². The Kier molecular flexibility index (Phi) is 5.57. The van der Waals surface area contributed by atoms with Gasteiger partial charge < -0.3 is 10.1 Å². The van der Waals surface area contributed by atoms with E-state index in [-0.39, 0.29) is 5.56 Å². The van der Waals surface area contributed by atoms with E-state index in [0.29, 0.717) is 29.9 Å². The predicted molar refractivity (Wildman–Crippen MR) is 107 cm³/mol. The molecular weight excluding hydrogens is 394 g/mol. The molecule has 150 valence electrons. The van der Waals surface area contributed by atoms with Crippen LogP contribution in [-0.2, 0) is 26.0 Å². The van der Waals surface area contributed by atoms with Gasteiger partial charge in [0.05, 0.1) is 28.8 Å². The number of esters is 1. The Bertz CT molecular complexity index is 1120. The van der Waals surface area contributed by atoms with Crippen molar-refractivity contribution in [2.45, 2.75) is 19.4 Å². The lowest BCUT2D eigenvalue weighted by Gasteiger charge is -2.17. The van der Waals surface area contributed by atoms with Crippen LogP contribution in [0.5, 0.6) is 0 Å². The van der Waals surface area contributed by atoms with Crippen LogP contribution < -0.4 is 9.62 Å². The third-order valence-corrected chi connectivity index (χ3v) is 5.71. The summed E-state index contributed by atoms with van der Waals surface area (Å²) in [5, 5.41) is 11.7. The van der Waals surface area contributed by atoms with Crippen molar-refractivity contribution in [3.8, 4) is 6.07 Å². The number of nitrogens with zero attached hydrogens (tertiary/aromatic N) is 2. The van der Waals surface area contributed by atoms with Crippen LogP contribution in [0, 0.1) is 11.3 Å². The number of hydrogen-bond acceptors (Lipinski definition) is 6. The Balaban J connectivity index is 1.69. The van der Waals surface area contributed by atoms with Crippen LogP contribution in [0.25, 0.3) is 0 Å².